The fraction of sp³-hybridized carbons (Fsp3) is 0.200. The molecule has 1 heteroatoms. The molecule has 0 aliphatic heterocycles. The molecule has 0 radical (unpaired) electrons. The monoisotopic (exact) mass is 147 g/mol. The van der Waals surface area contributed by atoms with Crippen LogP contribution in [0.15, 0.2) is 30.3 Å². The van der Waals surface area contributed by atoms with Crippen LogP contribution in [-0.2, 0) is 6.42 Å². The molecule has 0 bridgehead atoms. The zero-order valence-corrected chi connectivity index (χ0v) is 6.53. The van der Waals surface area contributed by atoms with E-state index in [1.165, 1.54) is 5.56 Å². The molecule has 1 aromatic carbocycles. The Kier molecular flexibility index (Phi) is 6.07. The maximum atomic E-state index is 5.36. The smallest absolute Gasteiger partial charge is 0.00367 e. The van der Waals surface area contributed by atoms with Crippen LogP contribution < -0.4 is 5.73 Å². The molecule has 0 saturated carbocycles. The van der Waals surface area contributed by atoms with Gasteiger partial charge in [-0.05, 0) is 18.5 Å². The van der Waals surface area contributed by atoms with Gasteiger partial charge in [0.05, 0.1) is 0 Å². The van der Waals surface area contributed by atoms with Crippen LogP contribution in [0.5, 0.6) is 0 Å². The molecular formula is C10H13N. The van der Waals surface area contributed by atoms with Gasteiger partial charge in [-0.1, -0.05) is 30.3 Å². The minimum atomic E-state index is 0.740. The van der Waals surface area contributed by atoms with Gasteiger partial charge in [-0.15, -0.1) is 12.8 Å². The number of nitrogens with two attached hydrogens (primary N) is 1. The summed E-state index contributed by atoms with van der Waals surface area (Å²) in [6.07, 6.45) is 8.99. The molecule has 0 amide bonds. The average molecular weight is 147 g/mol. The summed E-state index contributed by atoms with van der Waals surface area (Å²) in [7, 11) is 0. The Morgan fingerprint density at radius 1 is 1.09 bits per heavy atom. The van der Waals surface area contributed by atoms with E-state index in [-0.39, 0.29) is 0 Å². The molecule has 0 spiro atoms. The summed E-state index contributed by atoms with van der Waals surface area (Å²) in [5.74, 6) is 0. The molecule has 1 rings (SSSR count). The molecule has 0 aromatic heterocycles. The Morgan fingerprint density at radius 2 is 1.64 bits per heavy atom. The largest absolute Gasteiger partial charge is 0.330 e. The third kappa shape index (κ3) is 4.19. The number of hydrogen-bond acceptors (Lipinski definition) is 1. The maximum Gasteiger partial charge on any atom is -0.00367 e. The lowest BCUT2D eigenvalue weighted by Crippen LogP contribution is -2.01. The molecule has 2 N–H and O–H groups in total. The first-order valence-electron chi connectivity index (χ1n) is 3.51. The van der Waals surface area contributed by atoms with Crippen molar-refractivity contribution < 1.29 is 0 Å². The number of benzene rings is 1. The number of terminal acetylenes is 1. The van der Waals surface area contributed by atoms with Crippen LogP contribution in [-0.4, -0.2) is 6.54 Å². The van der Waals surface area contributed by atoms with E-state index in [1.54, 1.807) is 0 Å². The van der Waals surface area contributed by atoms with Crippen LogP contribution >= 0.6 is 0 Å². The summed E-state index contributed by atoms with van der Waals surface area (Å²) in [5, 5.41) is 0. The summed E-state index contributed by atoms with van der Waals surface area (Å²) < 4.78 is 0. The Bertz CT molecular complexity index is 189. The van der Waals surface area contributed by atoms with Gasteiger partial charge in [0, 0.05) is 0 Å². The van der Waals surface area contributed by atoms with Crippen molar-refractivity contribution in [3.05, 3.63) is 35.9 Å². The van der Waals surface area contributed by atoms with E-state index >= 15 is 0 Å². The highest BCUT2D eigenvalue weighted by molar-refractivity contribution is 5.14. The van der Waals surface area contributed by atoms with Crippen molar-refractivity contribution in [2.75, 3.05) is 6.54 Å². The van der Waals surface area contributed by atoms with Crippen molar-refractivity contribution in [2.24, 2.45) is 5.73 Å². The lowest BCUT2D eigenvalue weighted by Gasteiger charge is -1.93. The quantitative estimate of drug-likeness (QED) is 0.629. The lowest BCUT2D eigenvalue weighted by atomic mass is 10.2. The van der Waals surface area contributed by atoms with Crippen molar-refractivity contribution >= 4 is 0 Å². The van der Waals surface area contributed by atoms with E-state index in [0.717, 1.165) is 13.0 Å². The highest BCUT2D eigenvalue weighted by atomic mass is 14.5. The van der Waals surface area contributed by atoms with Gasteiger partial charge < -0.3 is 5.73 Å². The van der Waals surface area contributed by atoms with Gasteiger partial charge in [0.1, 0.15) is 0 Å². The van der Waals surface area contributed by atoms with Crippen LogP contribution in [0, 0.1) is 12.8 Å². The minimum absolute atomic E-state index is 0.740. The minimum Gasteiger partial charge on any atom is -0.330 e. The third-order valence-corrected chi connectivity index (χ3v) is 1.28. The highest BCUT2D eigenvalue weighted by Crippen LogP contribution is 1.96. The van der Waals surface area contributed by atoms with E-state index in [0.29, 0.717) is 0 Å². The average Bonchev–Trinajstić information content (AvgIpc) is 2.11. The summed E-state index contributed by atoms with van der Waals surface area (Å²) >= 11 is 0. The van der Waals surface area contributed by atoms with Gasteiger partial charge in [0.15, 0.2) is 0 Å². The molecule has 0 aliphatic carbocycles. The van der Waals surface area contributed by atoms with Crippen molar-refractivity contribution in [2.45, 2.75) is 6.42 Å². The van der Waals surface area contributed by atoms with Crippen molar-refractivity contribution in [1.29, 1.82) is 0 Å². The Labute approximate surface area is 68.2 Å². The zero-order chi connectivity index (χ0) is 8.53. The Balaban J connectivity index is 0.000000461. The molecular weight excluding hydrogens is 134 g/mol. The molecule has 0 aliphatic rings. The topological polar surface area (TPSA) is 26.0 Å². The first-order chi connectivity index (χ1) is 5.43. The molecule has 0 fully saturated rings. The van der Waals surface area contributed by atoms with E-state index in [1.807, 2.05) is 18.2 Å². The summed E-state index contributed by atoms with van der Waals surface area (Å²) in [4.78, 5) is 0. The normalized spacial score (nSPS) is 7.91. The zero-order valence-electron chi connectivity index (χ0n) is 6.53. The van der Waals surface area contributed by atoms with E-state index in [4.69, 9.17) is 5.73 Å². The Hall–Kier alpha value is -1.26. The van der Waals surface area contributed by atoms with Crippen LogP contribution in [0.2, 0.25) is 0 Å². The predicted molar refractivity (Wildman–Crippen MR) is 49.1 cm³/mol. The van der Waals surface area contributed by atoms with Gasteiger partial charge in [0.2, 0.25) is 0 Å². The second-order valence-electron chi connectivity index (χ2n) is 2.02. The van der Waals surface area contributed by atoms with E-state index in [2.05, 4.69) is 25.0 Å². The van der Waals surface area contributed by atoms with Crippen LogP contribution in [0.3, 0.4) is 0 Å². The van der Waals surface area contributed by atoms with Gasteiger partial charge in [-0.2, -0.15) is 0 Å². The first kappa shape index (κ1) is 9.74. The first-order valence-corrected chi connectivity index (χ1v) is 3.51. The van der Waals surface area contributed by atoms with Crippen LogP contribution in [0.1, 0.15) is 5.56 Å². The lowest BCUT2D eigenvalue weighted by molar-refractivity contribution is 0.969. The molecule has 1 aromatic rings. The molecule has 0 heterocycles. The molecule has 1 nitrogen and oxygen atoms in total. The van der Waals surface area contributed by atoms with Crippen LogP contribution in [0.25, 0.3) is 0 Å². The molecule has 0 unspecified atom stereocenters. The molecule has 58 valence electrons. The summed E-state index contributed by atoms with van der Waals surface area (Å²) in [5.41, 5.74) is 6.68. The van der Waals surface area contributed by atoms with Gasteiger partial charge in [-0.3, -0.25) is 0 Å². The fourth-order valence-electron chi connectivity index (χ4n) is 0.811. The van der Waals surface area contributed by atoms with Crippen molar-refractivity contribution in [1.82, 2.24) is 0 Å². The second-order valence-corrected chi connectivity index (χ2v) is 2.02. The fourth-order valence-corrected chi connectivity index (χ4v) is 0.811. The highest BCUT2D eigenvalue weighted by Gasteiger charge is 1.84. The van der Waals surface area contributed by atoms with E-state index in [9.17, 15) is 0 Å². The van der Waals surface area contributed by atoms with Crippen molar-refractivity contribution in [3.63, 3.8) is 0 Å². The van der Waals surface area contributed by atoms with Gasteiger partial charge in [0.25, 0.3) is 0 Å². The summed E-state index contributed by atoms with van der Waals surface area (Å²) in [6, 6.07) is 10.3. The van der Waals surface area contributed by atoms with Gasteiger partial charge >= 0.3 is 0 Å². The Morgan fingerprint density at radius 3 is 2.09 bits per heavy atom. The van der Waals surface area contributed by atoms with Gasteiger partial charge in [-0.25, -0.2) is 0 Å². The van der Waals surface area contributed by atoms with E-state index < -0.39 is 0 Å². The summed E-state index contributed by atoms with van der Waals surface area (Å²) in [6.45, 7) is 0.740. The predicted octanol–water partition coefficient (Wildman–Crippen LogP) is 1.44. The molecule has 0 atom stereocenters. The number of hydrogen-bond donors (Lipinski definition) is 1. The second kappa shape index (κ2) is 6.85. The van der Waals surface area contributed by atoms with Crippen LogP contribution in [0.4, 0.5) is 0 Å². The molecule has 0 saturated heterocycles. The SMILES string of the molecule is C#C.NCCc1ccccc1. The van der Waals surface area contributed by atoms with Crippen molar-refractivity contribution in [3.8, 4) is 12.8 Å². The molecule has 11 heavy (non-hydrogen) atoms. The standard InChI is InChI=1S/C8H11N.C2H2/c9-7-6-8-4-2-1-3-5-8;1-2/h1-5H,6-7,9H2;1-2H. The third-order valence-electron chi connectivity index (χ3n) is 1.28. The number of rotatable bonds is 2. The maximum absolute atomic E-state index is 5.36.